The van der Waals surface area contributed by atoms with Crippen molar-refractivity contribution in [2.75, 3.05) is 26.7 Å². The maximum atomic E-state index is 10.7. The van der Waals surface area contributed by atoms with Crippen LogP contribution in [0.5, 0.6) is 5.75 Å². The lowest BCUT2D eigenvalue weighted by Crippen LogP contribution is -2.29. The summed E-state index contributed by atoms with van der Waals surface area (Å²) in [5.41, 5.74) is 1.86. The van der Waals surface area contributed by atoms with Gasteiger partial charge in [0.1, 0.15) is 5.75 Å². The van der Waals surface area contributed by atoms with E-state index in [4.69, 9.17) is 9.84 Å². The molecule has 1 aromatic rings. The van der Waals surface area contributed by atoms with Crippen LogP contribution in [0.15, 0.2) is 18.2 Å². The van der Waals surface area contributed by atoms with Crippen molar-refractivity contribution >= 4 is 5.97 Å². The molecule has 0 saturated carbocycles. The van der Waals surface area contributed by atoms with Crippen LogP contribution in [-0.2, 0) is 4.79 Å². The van der Waals surface area contributed by atoms with Gasteiger partial charge >= 0.3 is 5.97 Å². The minimum atomic E-state index is -0.785. The quantitative estimate of drug-likeness (QED) is 0.695. The SMILES string of the molecule is CCCN(CCC(=O)O)CCC(O)c1ccc(OC)c(C)c1. The van der Waals surface area contributed by atoms with E-state index >= 15 is 0 Å². The molecule has 0 fully saturated rings. The molecule has 5 nitrogen and oxygen atoms in total. The van der Waals surface area contributed by atoms with E-state index in [1.54, 1.807) is 7.11 Å². The Morgan fingerprint density at radius 1 is 1.32 bits per heavy atom. The molecule has 0 aliphatic rings. The number of aliphatic hydroxyl groups excluding tert-OH is 1. The summed E-state index contributed by atoms with van der Waals surface area (Å²) >= 11 is 0. The Labute approximate surface area is 132 Å². The lowest BCUT2D eigenvalue weighted by atomic mass is 10.0. The lowest BCUT2D eigenvalue weighted by molar-refractivity contribution is -0.137. The summed E-state index contributed by atoms with van der Waals surface area (Å²) in [7, 11) is 1.63. The molecule has 22 heavy (non-hydrogen) atoms. The van der Waals surface area contributed by atoms with E-state index in [0.29, 0.717) is 19.5 Å². The normalized spacial score (nSPS) is 12.4. The van der Waals surface area contributed by atoms with Crippen LogP contribution in [0, 0.1) is 6.92 Å². The summed E-state index contributed by atoms with van der Waals surface area (Å²) in [4.78, 5) is 12.8. The number of hydrogen-bond acceptors (Lipinski definition) is 4. The molecule has 0 amide bonds. The monoisotopic (exact) mass is 309 g/mol. The third kappa shape index (κ3) is 6.03. The maximum Gasteiger partial charge on any atom is 0.304 e. The van der Waals surface area contributed by atoms with Crippen molar-refractivity contribution in [3.63, 3.8) is 0 Å². The molecule has 2 N–H and O–H groups in total. The maximum absolute atomic E-state index is 10.7. The number of hydrogen-bond donors (Lipinski definition) is 2. The average molecular weight is 309 g/mol. The van der Waals surface area contributed by atoms with Crippen LogP contribution in [0.2, 0.25) is 0 Å². The fourth-order valence-electron chi connectivity index (χ4n) is 2.49. The second-order valence-corrected chi connectivity index (χ2v) is 5.52. The van der Waals surface area contributed by atoms with Gasteiger partial charge in [-0.1, -0.05) is 13.0 Å². The smallest absolute Gasteiger partial charge is 0.304 e. The van der Waals surface area contributed by atoms with Gasteiger partial charge in [-0.2, -0.15) is 0 Å². The summed E-state index contributed by atoms with van der Waals surface area (Å²) in [6.45, 7) is 6.08. The number of aliphatic carboxylic acids is 1. The topological polar surface area (TPSA) is 70.0 Å². The highest BCUT2D eigenvalue weighted by atomic mass is 16.5. The molecule has 0 aliphatic carbocycles. The van der Waals surface area contributed by atoms with Crippen LogP contribution < -0.4 is 4.74 Å². The number of benzene rings is 1. The Bertz CT molecular complexity index is 476. The van der Waals surface area contributed by atoms with Gasteiger partial charge in [0.05, 0.1) is 19.6 Å². The number of carboxylic acid groups (broad SMARTS) is 1. The highest BCUT2D eigenvalue weighted by molar-refractivity contribution is 5.66. The number of methoxy groups -OCH3 is 1. The van der Waals surface area contributed by atoms with Gasteiger partial charge in [0.2, 0.25) is 0 Å². The molecule has 0 radical (unpaired) electrons. The van der Waals surface area contributed by atoms with E-state index < -0.39 is 12.1 Å². The van der Waals surface area contributed by atoms with Crippen molar-refractivity contribution in [2.45, 2.75) is 39.2 Å². The highest BCUT2D eigenvalue weighted by Crippen LogP contribution is 2.24. The van der Waals surface area contributed by atoms with Crippen molar-refractivity contribution in [1.82, 2.24) is 4.90 Å². The van der Waals surface area contributed by atoms with Crippen molar-refractivity contribution in [3.8, 4) is 5.75 Å². The molecular formula is C17H27NO4. The van der Waals surface area contributed by atoms with Crippen molar-refractivity contribution in [3.05, 3.63) is 29.3 Å². The molecule has 1 atom stereocenters. The number of ether oxygens (including phenoxy) is 1. The molecule has 5 heteroatoms. The Morgan fingerprint density at radius 3 is 2.59 bits per heavy atom. The fourth-order valence-corrected chi connectivity index (χ4v) is 2.49. The van der Waals surface area contributed by atoms with Crippen LogP contribution in [0.3, 0.4) is 0 Å². The largest absolute Gasteiger partial charge is 0.496 e. The standard InChI is InChI=1S/C17H27NO4/c1-4-9-18(11-8-17(20)21)10-7-15(19)14-5-6-16(22-3)13(2)12-14/h5-6,12,15,19H,4,7-11H2,1-3H3,(H,20,21). The molecule has 1 rings (SSSR count). The summed E-state index contributed by atoms with van der Waals surface area (Å²) in [6, 6.07) is 5.67. The van der Waals surface area contributed by atoms with Crippen LogP contribution in [-0.4, -0.2) is 47.8 Å². The lowest BCUT2D eigenvalue weighted by Gasteiger charge is -2.22. The van der Waals surface area contributed by atoms with Gasteiger partial charge in [0, 0.05) is 13.1 Å². The third-order valence-electron chi connectivity index (χ3n) is 3.70. The highest BCUT2D eigenvalue weighted by Gasteiger charge is 2.13. The summed E-state index contributed by atoms with van der Waals surface area (Å²) in [5.74, 6) is 0.0254. The van der Waals surface area contributed by atoms with Gasteiger partial charge in [-0.25, -0.2) is 0 Å². The number of rotatable bonds is 10. The van der Waals surface area contributed by atoms with E-state index in [2.05, 4.69) is 11.8 Å². The first kappa shape index (κ1) is 18.5. The van der Waals surface area contributed by atoms with Gasteiger partial charge in [-0.15, -0.1) is 0 Å². The van der Waals surface area contributed by atoms with Crippen LogP contribution in [0.25, 0.3) is 0 Å². The van der Waals surface area contributed by atoms with E-state index in [1.165, 1.54) is 0 Å². The Balaban J connectivity index is 2.56. The van der Waals surface area contributed by atoms with Crippen LogP contribution in [0.4, 0.5) is 0 Å². The number of aryl methyl sites for hydroxylation is 1. The predicted octanol–water partition coefficient (Wildman–Crippen LogP) is 2.61. The fraction of sp³-hybridized carbons (Fsp3) is 0.588. The number of nitrogens with zero attached hydrogens (tertiary/aromatic N) is 1. The molecule has 1 aromatic carbocycles. The molecule has 124 valence electrons. The van der Waals surface area contributed by atoms with Gasteiger partial charge in [-0.05, 0) is 49.6 Å². The van der Waals surface area contributed by atoms with E-state index in [9.17, 15) is 9.90 Å². The minimum absolute atomic E-state index is 0.137. The predicted molar refractivity (Wildman–Crippen MR) is 86.3 cm³/mol. The molecule has 0 aliphatic heterocycles. The van der Waals surface area contributed by atoms with Gasteiger partial charge in [0.15, 0.2) is 0 Å². The zero-order chi connectivity index (χ0) is 16.5. The Morgan fingerprint density at radius 2 is 2.05 bits per heavy atom. The van der Waals surface area contributed by atoms with Gasteiger partial charge in [0.25, 0.3) is 0 Å². The Kier molecular flexibility index (Phi) is 7.91. The number of aliphatic hydroxyl groups is 1. The Hall–Kier alpha value is -1.59. The van der Waals surface area contributed by atoms with Crippen LogP contribution >= 0.6 is 0 Å². The molecule has 1 unspecified atom stereocenters. The number of carbonyl (C=O) groups is 1. The van der Waals surface area contributed by atoms with Crippen LogP contribution in [0.1, 0.15) is 43.4 Å². The summed E-state index contributed by atoms with van der Waals surface area (Å²) < 4.78 is 5.22. The second kappa shape index (κ2) is 9.43. The summed E-state index contributed by atoms with van der Waals surface area (Å²) in [5, 5.41) is 19.1. The zero-order valence-electron chi connectivity index (χ0n) is 13.7. The first-order valence-corrected chi connectivity index (χ1v) is 7.74. The molecule has 0 saturated heterocycles. The van der Waals surface area contributed by atoms with E-state index in [1.807, 2.05) is 25.1 Å². The average Bonchev–Trinajstić information content (AvgIpc) is 2.49. The third-order valence-corrected chi connectivity index (χ3v) is 3.70. The van der Waals surface area contributed by atoms with Gasteiger partial charge in [-0.3, -0.25) is 4.79 Å². The van der Waals surface area contributed by atoms with Crippen molar-refractivity contribution in [2.24, 2.45) is 0 Å². The number of carboxylic acids is 1. The molecule has 0 bridgehead atoms. The zero-order valence-corrected chi connectivity index (χ0v) is 13.7. The van der Waals surface area contributed by atoms with E-state index in [0.717, 1.165) is 29.8 Å². The summed E-state index contributed by atoms with van der Waals surface area (Å²) in [6.07, 6.45) is 1.15. The second-order valence-electron chi connectivity index (χ2n) is 5.52. The molecule has 0 heterocycles. The van der Waals surface area contributed by atoms with Crippen molar-refractivity contribution in [1.29, 1.82) is 0 Å². The van der Waals surface area contributed by atoms with Gasteiger partial charge < -0.3 is 19.8 Å². The molecule has 0 aromatic heterocycles. The van der Waals surface area contributed by atoms with Crippen molar-refractivity contribution < 1.29 is 19.7 Å². The van der Waals surface area contributed by atoms with E-state index in [-0.39, 0.29) is 6.42 Å². The minimum Gasteiger partial charge on any atom is -0.496 e. The first-order valence-electron chi connectivity index (χ1n) is 7.74. The molecular weight excluding hydrogens is 282 g/mol. The molecule has 0 spiro atoms. The first-order chi connectivity index (χ1) is 10.5.